The minimum atomic E-state index is -0.339. The summed E-state index contributed by atoms with van der Waals surface area (Å²) in [5.74, 6) is 0.326. The molecule has 4 rings (SSSR count). The third-order valence-corrected chi connectivity index (χ3v) is 4.88. The van der Waals surface area contributed by atoms with Gasteiger partial charge >= 0.3 is 0 Å². The number of hydrogen-bond acceptors (Lipinski definition) is 6. The van der Waals surface area contributed by atoms with Crippen molar-refractivity contribution in [3.8, 4) is 0 Å². The molecule has 0 spiro atoms. The van der Waals surface area contributed by atoms with Crippen molar-refractivity contribution < 1.29 is 18.5 Å². The highest BCUT2D eigenvalue weighted by Crippen LogP contribution is 2.22. The fourth-order valence-electron chi connectivity index (χ4n) is 3.36. The van der Waals surface area contributed by atoms with Gasteiger partial charge in [0, 0.05) is 31.1 Å². The number of hydrogen-bond donors (Lipinski definition) is 1. The van der Waals surface area contributed by atoms with Crippen LogP contribution in [0.25, 0.3) is 11.0 Å². The molecular weight excluding hydrogens is 362 g/mol. The summed E-state index contributed by atoms with van der Waals surface area (Å²) in [4.78, 5) is 38.9. The summed E-state index contributed by atoms with van der Waals surface area (Å²) >= 11 is 0. The summed E-state index contributed by atoms with van der Waals surface area (Å²) in [6, 6.07) is 9.71. The number of rotatable bonds is 3. The number of carbonyl (C=O) groups excluding carboxylic acids is 2. The number of piperidine rings is 1. The predicted octanol–water partition coefficient (Wildman–Crippen LogP) is 2.58. The normalized spacial score (nSPS) is 15.0. The van der Waals surface area contributed by atoms with Crippen molar-refractivity contribution in [1.82, 2.24) is 10.1 Å². The Labute approximate surface area is 160 Å². The second kappa shape index (κ2) is 7.30. The third kappa shape index (κ3) is 3.53. The number of nitrogens with one attached hydrogen (secondary N) is 1. The summed E-state index contributed by atoms with van der Waals surface area (Å²) in [5, 5.41) is 6.92. The fourth-order valence-corrected chi connectivity index (χ4v) is 3.36. The summed E-state index contributed by atoms with van der Waals surface area (Å²) < 4.78 is 10.6. The van der Waals surface area contributed by atoms with Gasteiger partial charge in [-0.15, -0.1) is 0 Å². The highest BCUT2D eigenvalue weighted by molar-refractivity contribution is 5.94. The molecule has 2 aromatic heterocycles. The Kier molecular flexibility index (Phi) is 4.68. The second-order valence-corrected chi connectivity index (χ2v) is 6.85. The number of carbonyl (C=O) groups is 2. The van der Waals surface area contributed by atoms with Gasteiger partial charge in [0.25, 0.3) is 5.91 Å². The molecule has 1 N–H and O–H groups in total. The van der Waals surface area contributed by atoms with Crippen LogP contribution in [0.3, 0.4) is 0 Å². The van der Waals surface area contributed by atoms with E-state index in [1.807, 2.05) is 0 Å². The molecule has 3 heterocycles. The van der Waals surface area contributed by atoms with Crippen LogP contribution in [0.4, 0.5) is 5.82 Å². The first-order valence-electron chi connectivity index (χ1n) is 9.07. The number of nitrogens with zero attached hydrogens (tertiary/aromatic N) is 2. The van der Waals surface area contributed by atoms with Gasteiger partial charge < -0.3 is 19.2 Å². The van der Waals surface area contributed by atoms with Crippen molar-refractivity contribution in [3.05, 3.63) is 58.1 Å². The molecule has 8 heteroatoms. The van der Waals surface area contributed by atoms with Gasteiger partial charge in [0.15, 0.2) is 17.0 Å². The zero-order chi connectivity index (χ0) is 19.7. The van der Waals surface area contributed by atoms with E-state index in [9.17, 15) is 14.4 Å². The van der Waals surface area contributed by atoms with Gasteiger partial charge in [0.1, 0.15) is 11.3 Å². The van der Waals surface area contributed by atoms with Gasteiger partial charge in [-0.1, -0.05) is 17.3 Å². The molecule has 0 bridgehead atoms. The van der Waals surface area contributed by atoms with E-state index < -0.39 is 0 Å². The maximum Gasteiger partial charge on any atom is 0.289 e. The van der Waals surface area contributed by atoms with E-state index in [2.05, 4.69) is 10.5 Å². The number of aromatic nitrogens is 1. The lowest BCUT2D eigenvalue weighted by Gasteiger charge is -2.30. The van der Waals surface area contributed by atoms with Gasteiger partial charge in [-0.05, 0) is 31.9 Å². The SMILES string of the molecule is Cc1cc(NC(=O)C2CCN(C(=O)c3cc(=O)c4ccccc4o3)CC2)no1. The molecule has 1 saturated heterocycles. The standard InChI is InChI=1S/C20H19N3O5/c1-12-10-18(22-28-12)21-19(25)13-6-8-23(9-7-13)20(26)17-11-15(24)14-4-2-3-5-16(14)27-17/h2-5,10-11,13H,6-9H2,1H3,(H,21,22,25). The molecule has 0 saturated carbocycles. The number of benzene rings is 1. The largest absolute Gasteiger partial charge is 0.451 e. The highest BCUT2D eigenvalue weighted by atomic mass is 16.5. The molecule has 0 atom stereocenters. The van der Waals surface area contributed by atoms with E-state index in [-0.39, 0.29) is 28.9 Å². The van der Waals surface area contributed by atoms with Crippen LogP contribution in [0.5, 0.6) is 0 Å². The van der Waals surface area contributed by atoms with Crippen molar-refractivity contribution in [3.63, 3.8) is 0 Å². The van der Waals surface area contributed by atoms with Gasteiger partial charge in [0.05, 0.1) is 5.39 Å². The van der Waals surface area contributed by atoms with E-state index in [0.717, 1.165) is 0 Å². The maximum atomic E-state index is 12.7. The monoisotopic (exact) mass is 381 g/mol. The second-order valence-electron chi connectivity index (χ2n) is 6.85. The van der Waals surface area contributed by atoms with Crippen LogP contribution >= 0.6 is 0 Å². The molecule has 1 aliphatic heterocycles. The van der Waals surface area contributed by atoms with E-state index >= 15 is 0 Å². The average Bonchev–Trinajstić information content (AvgIpc) is 3.12. The lowest BCUT2D eigenvalue weighted by molar-refractivity contribution is -0.121. The van der Waals surface area contributed by atoms with Crippen LogP contribution in [-0.4, -0.2) is 35.0 Å². The molecule has 0 radical (unpaired) electrons. The number of likely N-dealkylation sites (tertiary alicyclic amines) is 1. The topological polar surface area (TPSA) is 106 Å². The van der Waals surface area contributed by atoms with Crippen LogP contribution in [0.1, 0.15) is 29.2 Å². The van der Waals surface area contributed by atoms with Gasteiger partial charge in [-0.3, -0.25) is 14.4 Å². The predicted molar refractivity (Wildman–Crippen MR) is 101 cm³/mol. The van der Waals surface area contributed by atoms with Crippen LogP contribution < -0.4 is 10.7 Å². The number of aryl methyl sites for hydroxylation is 1. The smallest absolute Gasteiger partial charge is 0.289 e. The minimum Gasteiger partial charge on any atom is -0.451 e. The van der Waals surface area contributed by atoms with Gasteiger partial charge in [-0.25, -0.2) is 0 Å². The van der Waals surface area contributed by atoms with Crippen molar-refractivity contribution >= 4 is 28.6 Å². The molecule has 0 unspecified atom stereocenters. The van der Waals surface area contributed by atoms with Crippen molar-refractivity contribution in [2.24, 2.45) is 5.92 Å². The Hall–Kier alpha value is -3.42. The Morgan fingerprint density at radius 3 is 2.64 bits per heavy atom. The number of para-hydroxylation sites is 1. The van der Waals surface area contributed by atoms with E-state index in [1.165, 1.54) is 6.07 Å². The molecule has 0 aliphatic carbocycles. The van der Waals surface area contributed by atoms with Crippen LogP contribution in [0.2, 0.25) is 0 Å². The van der Waals surface area contributed by atoms with Crippen molar-refractivity contribution in [2.45, 2.75) is 19.8 Å². The summed E-state index contributed by atoms with van der Waals surface area (Å²) in [7, 11) is 0. The lowest BCUT2D eigenvalue weighted by Crippen LogP contribution is -2.41. The Bertz CT molecular complexity index is 1090. The van der Waals surface area contributed by atoms with Gasteiger partial charge in [0.2, 0.25) is 5.91 Å². The number of fused-ring (bicyclic) bond motifs is 1. The first-order chi connectivity index (χ1) is 13.5. The lowest BCUT2D eigenvalue weighted by atomic mass is 9.95. The molecule has 1 aliphatic rings. The van der Waals surface area contributed by atoms with E-state index in [4.69, 9.17) is 8.94 Å². The van der Waals surface area contributed by atoms with Crippen LogP contribution in [0, 0.1) is 12.8 Å². The summed E-state index contributed by atoms with van der Waals surface area (Å²) in [6.45, 7) is 2.56. The average molecular weight is 381 g/mol. The molecular formula is C20H19N3O5. The first-order valence-corrected chi connectivity index (χ1v) is 9.07. The van der Waals surface area contributed by atoms with E-state index in [0.29, 0.717) is 48.5 Å². The third-order valence-electron chi connectivity index (χ3n) is 4.88. The summed E-state index contributed by atoms with van der Waals surface area (Å²) in [6.07, 6.45) is 1.04. The zero-order valence-corrected chi connectivity index (χ0v) is 15.3. The Balaban J connectivity index is 1.41. The first kappa shape index (κ1) is 18.0. The number of amides is 2. The van der Waals surface area contributed by atoms with E-state index in [1.54, 1.807) is 42.2 Å². The van der Waals surface area contributed by atoms with Crippen LogP contribution in [0.15, 0.2) is 50.1 Å². The molecule has 1 fully saturated rings. The van der Waals surface area contributed by atoms with Crippen molar-refractivity contribution in [2.75, 3.05) is 18.4 Å². The minimum absolute atomic E-state index is 0.0182. The number of anilines is 1. The zero-order valence-electron chi connectivity index (χ0n) is 15.3. The quantitative estimate of drug-likeness (QED) is 0.747. The Morgan fingerprint density at radius 2 is 1.93 bits per heavy atom. The maximum absolute atomic E-state index is 12.7. The molecule has 1 aromatic carbocycles. The highest BCUT2D eigenvalue weighted by Gasteiger charge is 2.29. The van der Waals surface area contributed by atoms with Crippen molar-refractivity contribution in [1.29, 1.82) is 0 Å². The summed E-state index contributed by atoms with van der Waals surface area (Å²) in [5.41, 5.74) is 0.137. The molecule has 28 heavy (non-hydrogen) atoms. The molecule has 3 aromatic rings. The molecule has 2 amide bonds. The van der Waals surface area contributed by atoms with Gasteiger partial charge in [-0.2, -0.15) is 0 Å². The Morgan fingerprint density at radius 1 is 1.18 bits per heavy atom. The van der Waals surface area contributed by atoms with Crippen LogP contribution in [-0.2, 0) is 4.79 Å². The fraction of sp³-hybridized carbons (Fsp3) is 0.300. The molecule has 144 valence electrons. The molecule has 8 nitrogen and oxygen atoms in total.